The number of ketones is 1. The van der Waals surface area contributed by atoms with Crippen molar-refractivity contribution in [3.05, 3.63) is 35.9 Å². The summed E-state index contributed by atoms with van der Waals surface area (Å²) in [6.07, 6.45) is 22.2. The van der Waals surface area contributed by atoms with E-state index in [4.69, 9.17) is 9.47 Å². The fourth-order valence-corrected chi connectivity index (χ4v) is 4.81. The number of carbonyl (C=O) groups excluding carboxylic acids is 3. The lowest BCUT2D eigenvalue weighted by Crippen LogP contribution is -2.24. The third kappa shape index (κ3) is 20.4. The van der Waals surface area contributed by atoms with Crippen LogP contribution in [0.25, 0.3) is 0 Å². The van der Waals surface area contributed by atoms with Crippen molar-refractivity contribution in [3.8, 4) is 0 Å². The highest BCUT2D eigenvalue weighted by Crippen LogP contribution is 2.17. The molecule has 0 bridgehead atoms. The van der Waals surface area contributed by atoms with E-state index in [1.54, 1.807) is 24.3 Å². The van der Waals surface area contributed by atoms with Gasteiger partial charge in [-0.3, -0.25) is 14.4 Å². The van der Waals surface area contributed by atoms with Gasteiger partial charge >= 0.3 is 11.9 Å². The number of hydrogen-bond acceptors (Lipinski definition) is 5. The van der Waals surface area contributed by atoms with Gasteiger partial charge < -0.3 is 9.47 Å². The minimum atomic E-state index is -0.490. The lowest BCUT2D eigenvalue weighted by atomic mass is 10.0. The minimum Gasteiger partial charge on any atom is -0.462 e. The maximum Gasteiger partial charge on any atom is 0.310 e. The molecule has 0 N–H and O–H groups in total. The molecule has 0 fully saturated rings. The smallest absolute Gasteiger partial charge is 0.310 e. The summed E-state index contributed by atoms with van der Waals surface area (Å²) in [7, 11) is 0. The fourth-order valence-electron chi connectivity index (χ4n) is 4.81. The molecule has 0 aliphatic heterocycles. The first-order valence-corrected chi connectivity index (χ1v) is 16.0. The fraction of sp³-hybridized carbons (Fsp3) is 0.735. The summed E-state index contributed by atoms with van der Waals surface area (Å²) in [6.45, 7) is 4.17. The first kappa shape index (κ1) is 34.9. The Hall–Kier alpha value is -2.17. The molecule has 1 atom stereocenters. The van der Waals surface area contributed by atoms with Crippen molar-refractivity contribution in [1.82, 2.24) is 0 Å². The average Bonchev–Trinajstić information content (AvgIpc) is 2.94. The Balaban J connectivity index is 2.36. The molecule has 222 valence electrons. The van der Waals surface area contributed by atoms with Crippen molar-refractivity contribution in [2.75, 3.05) is 6.61 Å². The van der Waals surface area contributed by atoms with Crippen molar-refractivity contribution < 1.29 is 23.9 Å². The first-order chi connectivity index (χ1) is 19.1. The van der Waals surface area contributed by atoms with Crippen LogP contribution >= 0.6 is 0 Å². The van der Waals surface area contributed by atoms with Crippen LogP contribution in [0, 0.1) is 0 Å². The highest BCUT2D eigenvalue weighted by atomic mass is 16.6. The number of carbonyl (C=O) groups is 3. The number of Topliss-reactive ketones (excluding diaryl/α,β-unsaturated/α-hetero) is 1. The van der Waals surface area contributed by atoms with E-state index < -0.39 is 12.1 Å². The zero-order valence-corrected chi connectivity index (χ0v) is 25.1. The quantitative estimate of drug-likeness (QED) is 0.0659. The van der Waals surface area contributed by atoms with E-state index >= 15 is 0 Å². The van der Waals surface area contributed by atoms with Gasteiger partial charge in [-0.1, -0.05) is 147 Å². The normalized spacial score (nSPS) is 11.7. The molecule has 1 aromatic carbocycles. The van der Waals surface area contributed by atoms with Gasteiger partial charge in [-0.15, -0.1) is 0 Å². The van der Waals surface area contributed by atoms with E-state index in [-0.39, 0.29) is 24.8 Å². The van der Waals surface area contributed by atoms with Crippen molar-refractivity contribution in [2.45, 2.75) is 155 Å². The van der Waals surface area contributed by atoms with Crippen LogP contribution < -0.4 is 0 Å². The van der Waals surface area contributed by atoms with Crippen molar-refractivity contribution >= 4 is 17.7 Å². The predicted octanol–water partition coefficient (Wildman–Crippen LogP) is 9.56. The molecule has 39 heavy (non-hydrogen) atoms. The Morgan fingerprint density at radius 1 is 0.615 bits per heavy atom. The molecule has 0 saturated carbocycles. The Labute approximate surface area is 238 Å². The number of ether oxygens (including phenoxy) is 2. The molecular weight excluding hydrogens is 488 g/mol. The second kappa shape index (κ2) is 24.8. The van der Waals surface area contributed by atoms with Crippen LogP contribution in [-0.2, 0) is 19.1 Å². The van der Waals surface area contributed by atoms with Crippen LogP contribution in [0.2, 0.25) is 0 Å². The van der Waals surface area contributed by atoms with E-state index in [0.717, 1.165) is 32.1 Å². The Morgan fingerprint density at radius 2 is 1.10 bits per heavy atom. The number of esters is 2. The molecule has 0 aliphatic rings. The van der Waals surface area contributed by atoms with Gasteiger partial charge in [-0.05, 0) is 19.3 Å². The Morgan fingerprint density at radius 3 is 1.64 bits per heavy atom. The highest BCUT2D eigenvalue weighted by molar-refractivity contribution is 5.97. The van der Waals surface area contributed by atoms with Gasteiger partial charge in [0.15, 0.2) is 12.4 Å². The monoisotopic (exact) mass is 544 g/mol. The SMILES string of the molecule is CCCCCCCCCCCC(=O)O[C@H](CCCCCCCCCCC)CC(=O)OCC(=O)c1ccccc1. The largest absolute Gasteiger partial charge is 0.462 e. The summed E-state index contributed by atoms with van der Waals surface area (Å²) >= 11 is 0. The summed E-state index contributed by atoms with van der Waals surface area (Å²) in [6, 6.07) is 8.81. The van der Waals surface area contributed by atoms with Crippen LogP contribution in [0.15, 0.2) is 30.3 Å². The highest BCUT2D eigenvalue weighted by Gasteiger charge is 2.20. The number of hydrogen-bond donors (Lipinski definition) is 0. The standard InChI is InChI=1S/C34H56O5/c1-3-5-7-9-11-13-15-17-22-26-31(28-34(37)38-29-32(35)30-24-20-19-21-25-30)39-33(36)27-23-18-16-14-12-10-8-6-4-2/h19-21,24-25,31H,3-18,22-23,26-29H2,1-2H3/t31-/m1/s1. The lowest BCUT2D eigenvalue weighted by Gasteiger charge is -2.17. The van der Waals surface area contributed by atoms with Gasteiger partial charge in [0, 0.05) is 12.0 Å². The van der Waals surface area contributed by atoms with E-state index in [0.29, 0.717) is 18.4 Å². The molecule has 5 heteroatoms. The number of rotatable bonds is 26. The summed E-state index contributed by atoms with van der Waals surface area (Å²) < 4.78 is 11.0. The maximum atomic E-state index is 12.5. The van der Waals surface area contributed by atoms with Gasteiger partial charge in [0.1, 0.15) is 6.10 Å². The summed E-state index contributed by atoms with van der Waals surface area (Å²) in [5.74, 6) is -0.954. The number of benzene rings is 1. The zero-order chi connectivity index (χ0) is 28.4. The second-order valence-corrected chi connectivity index (χ2v) is 11.0. The van der Waals surface area contributed by atoms with Crippen LogP contribution in [0.3, 0.4) is 0 Å². The Kier molecular flexibility index (Phi) is 22.2. The Bertz CT molecular complexity index is 745. The molecule has 0 aliphatic carbocycles. The van der Waals surface area contributed by atoms with E-state index in [2.05, 4.69) is 13.8 Å². The molecule has 5 nitrogen and oxygen atoms in total. The minimum absolute atomic E-state index is 0.00257. The number of unbranched alkanes of at least 4 members (excludes halogenated alkanes) is 16. The van der Waals surface area contributed by atoms with Gasteiger partial charge in [0.2, 0.25) is 0 Å². The maximum absolute atomic E-state index is 12.5. The first-order valence-electron chi connectivity index (χ1n) is 16.0. The summed E-state index contributed by atoms with van der Waals surface area (Å²) in [4.78, 5) is 37.3. The predicted molar refractivity (Wildman–Crippen MR) is 160 cm³/mol. The van der Waals surface area contributed by atoms with Gasteiger partial charge in [0.05, 0.1) is 6.42 Å². The van der Waals surface area contributed by atoms with Gasteiger partial charge in [0.25, 0.3) is 0 Å². The molecule has 0 heterocycles. The van der Waals surface area contributed by atoms with Gasteiger partial charge in [-0.25, -0.2) is 0 Å². The average molecular weight is 545 g/mol. The topological polar surface area (TPSA) is 69.7 Å². The zero-order valence-electron chi connectivity index (χ0n) is 25.1. The van der Waals surface area contributed by atoms with Crippen LogP contribution in [-0.4, -0.2) is 30.4 Å². The summed E-state index contributed by atoms with van der Waals surface area (Å²) in [5, 5.41) is 0. The van der Waals surface area contributed by atoms with E-state index in [9.17, 15) is 14.4 Å². The van der Waals surface area contributed by atoms with Crippen LogP contribution in [0.4, 0.5) is 0 Å². The molecule has 0 aromatic heterocycles. The molecule has 0 amide bonds. The van der Waals surface area contributed by atoms with Crippen molar-refractivity contribution in [3.63, 3.8) is 0 Å². The summed E-state index contributed by atoms with van der Waals surface area (Å²) in [5.41, 5.74) is 0.518. The third-order valence-corrected chi connectivity index (χ3v) is 7.27. The van der Waals surface area contributed by atoms with Gasteiger partial charge in [-0.2, -0.15) is 0 Å². The van der Waals surface area contributed by atoms with E-state index in [1.807, 2.05) is 6.07 Å². The molecule has 0 saturated heterocycles. The molecular formula is C34H56O5. The third-order valence-electron chi connectivity index (χ3n) is 7.27. The molecule has 0 unspecified atom stereocenters. The van der Waals surface area contributed by atoms with Crippen LogP contribution in [0.5, 0.6) is 0 Å². The molecule has 0 radical (unpaired) electrons. The van der Waals surface area contributed by atoms with Crippen molar-refractivity contribution in [2.24, 2.45) is 0 Å². The molecule has 1 aromatic rings. The van der Waals surface area contributed by atoms with Crippen LogP contribution in [0.1, 0.15) is 159 Å². The second-order valence-electron chi connectivity index (χ2n) is 11.0. The molecule has 0 spiro atoms. The van der Waals surface area contributed by atoms with E-state index in [1.165, 1.54) is 83.5 Å². The lowest BCUT2D eigenvalue weighted by molar-refractivity contribution is -0.155. The molecule has 1 rings (SSSR count). The van der Waals surface area contributed by atoms with Crippen molar-refractivity contribution in [1.29, 1.82) is 0 Å².